The highest BCUT2D eigenvalue weighted by Gasteiger charge is 2.23. The molecule has 70 valence electrons. The summed E-state index contributed by atoms with van der Waals surface area (Å²) >= 11 is 3.53. The second kappa shape index (κ2) is 3.83. The summed E-state index contributed by atoms with van der Waals surface area (Å²) in [6, 6.07) is 9.08. The summed E-state index contributed by atoms with van der Waals surface area (Å²) in [7, 11) is 0. The van der Waals surface area contributed by atoms with E-state index in [0.29, 0.717) is 5.92 Å². The van der Waals surface area contributed by atoms with E-state index in [9.17, 15) is 0 Å². The number of benzene rings is 1. The standard InChI is InChI=1S/C12H15Br/c1-9(8-13)11-3-2-4-12(7-11)10-5-6-10/h2-4,7,9-10H,5-6,8H2,1H3. The van der Waals surface area contributed by atoms with Crippen LogP contribution in [-0.4, -0.2) is 5.33 Å². The minimum Gasteiger partial charge on any atom is -0.0922 e. The molecule has 1 aliphatic rings. The molecule has 0 amide bonds. The predicted molar refractivity (Wildman–Crippen MR) is 60.6 cm³/mol. The topological polar surface area (TPSA) is 0 Å². The molecule has 0 radical (unpaired) electrons. The smallest absolute Gasteiger partial charge is 0.00975 e. The minimum absolute atomic E-state index is 0.638. The van der Waals surface area contributed by atoms with Crippen LogP contribution in [0.3, 0.4) is 0 Å². The molecule has 1 aromatic carbocycles. The van der Waals surface area contributed by atoms with Gasteiger partial charge in [0.05, 0.1) is 0 Å². The molecule has 1 aromatic rings. The summed E-state index contributed by atoms with van der Waals surface area (Å²) in [6.45, 7) is 2.26. The van der Waals surface area contributed by atoms with E-state index in [2.05, 4.69) is 47.1 Å². The lowest BCUT2D eigenvalue weighted by atomic mass is 9.99. The molecular formula is C12H15Br. The van der Waals surface area contributed by atoms with Gasteiger partial charge in [-0.1, -0.05) is 47.1 Å². The molecule has 0 spiro atoms. The van der Waals surface area contributed by atoms with Crippen LogP contribution in [0.1, 0.15) is 42.7 Å². The summed E-state index contributed by atoms with van der Waals surface area (Å²) in [5.74, 6) is 1.51. The second-order valence-electron chi connectivity index (χ2n) is 4.00. The maximum atomic E-state index is 3.53. The monoisotopic (exact) mass is 238 g/mol. The molecule has 2 rings (SSSR count). The Morgan fingerprint density at radius 3 is 2.85 bits per heavy atom. The molecular weight excluding hydrogens is 224 g/mol. The number of halogens is 1. The highest BCUT2D eigenvalue weighted by molar-refractivity contribution is 9.09. The first kappa shape index (κ1) is 9.26. The predicted octanol–water partition coefficient (Wildman–Crippen LogP) is 4.06. The molecule has 1 atom stereocenters. The van der Waals surface area contributed by atoms with Gasteiger partial charge in [0.25, 0.3) is 0 Å². The van der Waals surface area contributed by atoms with Crippen LogP contribution in [0.5, 0.6) is 0 Å². The van der Waals surface area contributed by atoms with Crippen LogP contribution in [0.15, 0.2) is 24.3 Å². The Morgan fingerprint density at radius 2 is 2.23 bits per heavy atom. The van der Waals surface area contributed by atoms with Gasteiger partial charge in [-0.25, -0.2) is 0 Å². The largest absolute Gasteiger partial charge is 0.0922 e. The van der Waals surface area contributed by atoms with Crippen molar-refractivity contribution in [3.8, 4) is 0 Å². The zero-order valence-electron chi connectivity index (χ0n) is 7.96. The molecule has 1 saturated carbocycles. The fourth-order valence-electron chi connectivity index (χ4n) is 1.63. The van der Waals surface area contributed by atoms with E-state index in [-0.39, 0.29) is 0 Å². The molecule has 0 saturated heterocycles. The second-order valence-corrected chi connectivity index (χ2v) is 4.65. The first-order valence-corrected chi connectivity index (χ1v) is 6.09. The number of hydrogen-bond donors (Lipinski definition) is 0. The van der Waals surface area contributed by atoms with Gasteiger partial charge < -0.3 is 0 Å². The van der Waals surface area contributed by atoms with Crippen molar-refractivity contribution in [3.63, 3.8) is 0 Å². The lowest BCUT2D eigenvalue weighted by Crippen LogP contribution is -1.94. The zero-order valence-corrected chi connectivity index (χ0v) is 9.55. The highest BCUT2D eigenvalue weighted by atomic mass is 79.9. The van der Waals surface area contributed by atoms with E-state index in [1.165, 1.54) is 18.4 Å². The van der Waals surface area contributed by atoms with Crippen LogP contribution < -0.4 is 0 Å². The maximum Gasteiger partial charge on any atom is 0.00975 e. The molecule has 0 heterocycles. The third kappa shape index (κ3) is 2.14. The fraction of sp³-hybridized carbons (Fsp3) is 0.500. The summed E-state index contributed by atoms with van der Waals surface area (Å²) in [5, 5.41) is 1.06. The first-order chi connectivity index (χ1) is 6.31. The van der Waals surface area contributed by atoms with Gasteiger partial charge in [0.15, 0.2) is 0 Å². The first-order valence-electron chi connectivity index (χ1n) is 4.97. The Balaban J connectivity index is 2.21. The molecule has 1 aliphatic carbocycles. The number of alkyl halides is 1. The number of rotatable bonds is 3. The Morgan fingerprint density at radius 1 is 1.46 bits per heavy atom. The summed E-state index contributed by atoms with van der Waals surface area (Å²) in [5.41, 5.74) is 3.02. The normalized spacial score (nSPS) is 18.6. The van der Waals surface area contributed by atoms with Crippen LogP contribution >= 0.6 is 15.9 Å². The van der Waals surface area contributed by atoms with Crippen molar-refractivity contribution < 1.29 is 0 Å². The molecule has 1 fully saturated rings. The van der Waals surface area contributed by atoms with E-state index in [0.717, 1.165) is 11.2 Å². The van der Waals surface area contributed by atoms with E-state index in [1.807, 2.05) is 0 Å². The van der Waals surface area contributed by atoms with Crippen LogP contribution in [0.25, 0.3) is 0 Å². The van der Waals surface area contributed by atoms with E-state index in [4.69, 9.17) is 0 Å². The van der Waals surface area contributed by atoms with Crippen LogP contribution in [0.2, 0.25) is 0 Å². The van der Waals surface area contributed by atoms with Gasteiger partial charge in [0.1, 0.15) is 0 Å². The average molecular weight is 239 g/mol. The molecule has 0 aromatic heterocycles. The lowest BCUT2D eigenvalue weighted by Gasteiger charge is -2.09. The van der Waals surface area contributed by atoms with Gasteiger partial charge in [-0.15, -0.1) is 0 Å². The van der Waals surface area contributed by atoms with E-state index < -0.39 is 0 Å². The highest BCUT2D eigenvalue weighted by Crippen LogP contribution is 2.40. The molecule has 0 nitrogen and oxygen atoms in total. The third-order valence-corrected chi connectivity index (χ3v) is 3.73. The molecule has 13 heavy (non-hydrogen) atoms. The van der Waals surface area contributed by atoms with Gasteiger partial charge >= 0.3 is 0 Å². The Bertz CT molecular complexity index is 289. The van der Waals surface area contributed by atoms with E-state index in [1.54, 1.807) is 5.56 Å². The molecule has 0 N–H and O–H groups in total. The SMILES string of the molecule is CC(CBr)c1cccc(C2CC2)c1. The Kier molecular flexibility index (Phi) is 2.73. The van der Waals surface area contributed by atoms with Crippen LogP contribution in [-0.2, 0) is 0 Å². The van der Waals surface area contributed by atoms with Crippen molar-refractivity contribution in [2.24, 2.45) is 0 Å². The van der Waals surface area contributed by atoms with Crippen molar-refractivity contribution in [3.05, 3.63) is 35.4 Å². The Labute approximate surface area is 88.5 Å². The van der Waals surface area contributed by atoms with Gasteiger partial charge in [0, 0.05) is 5.33 Å². The van der Waals surface area contributed by atoms with Gasteiger partial charge in [-0.05, 0) is 35.8 Å². The Hall–Kier alpha value is -0.300. The molecule has 1 unspecified atom stereocenters. The third-order valence-electron chi connectivity index (χ3n) is 2.76. The van der Waals surface area contributed by atoms with Crippen molar-refractivity contribution in [2.45, 2.75) is 31.6 Å². The molecule has 0 aliphatic heterocycles. The van der Waals surface area contributed by atoms with Crippen LogP contribution in [0, 0.1) is 0 Å². The summed E-state index contributed by atoms with van der Waals surface area (Å²) in [6.07, 6.45) is 2.79. The van der Waals surface area contributed by atoms with Gasteiger partial charge in [-0.3, -0.25) is 0 Å². The van der Waals surface area contributed by atoms with Crippen molar-refractivity contribution >= 4 is 15.9 Å². The maximum absolute atomic E-state index is 3.53. The summed E-state index contributed by atoms with van der Waals surface area (Å²) in [4.78, 5) is 0. The van der Waals surface area contributed by atoms with E-state index >= 15 is 0 Å². The quantitative estimate of drug-likeness (QED) is 0.697. The minimum atomic E-state index is 0.638. The lowest BCUT2D eigenvalue weighted by molar-refractivity contribution is 0.882. The van der Waals surface area contributed by atoms with Crippen molar-refractivity contribution in [1.82, 2.24) is 0 Å². The molecule has 0 bridgehead atoms. The fourth-order valence-corrected chi connectivity index (χ4v) is 2.00. The van der Waals surface area contributed by atoms with Crippen molar-refractivity contribution in [1.29, 1.82) is 0 Å². The zero-order chi connectivity index (χ0) is 9.26. The van der Waals surface area contributed by atoms with Crippen molar-refractivity contribution in [2.75, 3.05) is 5.33 Å². The number of hydrogen-bond acceptors (Lipinski definition) is 0. The summed E-state index contributed by atoms with van der Waals surface area (Å²) < 4.78 is 0. The average Bonchev–Trinajstić information content (AvgIpc) is 3.00. The van der Waals surface area contributed by atoms with Gasteiger partial charge in [0.2, 0.25) is 0 Å². The van der Waals surface area contributed by atoms with Gasteiger partial charge in [-0.2, -0.15) is 0 Å². The molecule has 1 heteroatoms. The van der Waals surface area contributed by atoms with Crippen LogP contribution in [0.4, 0.5) is 0 Å².